The number of halogens is 2. The number of rotatable bonds is 2. The third kappa shape index (κ3) is 2.90. The van der Waals surface area contributed by atoms with Crippen molar-refractivity contribution in [1.82, 2.24) is 0 Å². The average molecular weight is 303 g/mol. The number of hydrogen-bond donors (Lipinski definition) is 3. The molecule has 1 saturated carbocycles. The quantitative estimate of drug-likeness (QED) is 0.581. The second kappa shape index (κ2) is 4.82. The molecular weight excluding hydrogens is 287 g/mol. The van der Waals surface area contributed by atoms with Crippen molar-refractivity contribution in [2.75, 3.05) is 11.1 Å². The molecular formula is C12H16BrFN2O. The van der Waals surface area contributed by atoms with E-state index in [1.165, 1.54) is 6.07 Å². The fourth-order valence-electron chi connectivity index (χ4n) is 2.22. The van der Waals surface area contributed by atoms with Crippen LogP contribution in [0.25, 0.3) is 0 Å². The van der Waals surface area contributed by atoms with Gasteiger partial charge in [0.2, 0.25) is 0 Å². The van der Waals surface area contributed by atoms with Crippen molar-refractivity contribution < 1.29 is 9.50 Å². The highest BCUT2D eigenvalue weighted by Gasteiger charge is 2.30. The van der Waals surface area contributed by atoms with Gasteiger partial charge >= 0.3 is 0 Å². The summed E-state index contributed by atoms with van der Waals surface area (Å²) < 4.78 is 14.3. The number of aliphatic hydroxyl groups is 1. The lowest BCUT2D eigenvalue weighted by Gasteiger charge is -2.34. The van der Waals surface area contributed by atoms with Crippen LogP contribution in [-0.2, 0) is 0 Å². The monoisotopic (exact) mass is 302 g/mol. The number of benzene rings is 1. The van der Waals surface area contributed by atoms with Gasteiger partial charge in [-0.05, 0) is 37.8 Å². The van der Waals surface area contributed by atoms with Gasteiger partial charge in [-0.1, -0.05) is 22.4 Å². The molecule has 0 spiro atoms. The van der Waals surface area contributed by atoms with Gasteiger partial charge < -0.3 is 16.2 Å². The van der Waals surface area contributed by atoms with Crippen LogP contribution in [0.15, 0.2) is 16.6 Å². The molecule has 4 N–H and O–H groups in total. The van der Waals surface area contributed by atoms with Gasteiger partial charge in [0.25, 0.3) is 0 Å². The Kier molecular flexibility index (Phi) is 3.58. The van der Waals surface area contributed by atoms with Gasteiger partial charge in [-0.3, -0.25) is 0 Å². The lowest BCUT2D eigenvalue weighted by molar-refractivity contribution is 0.0314. The van der Waals surface area contributed by atoms with Gasteiger partial charge in [-0.25, -0.2) is 4.39 Å². The van der Waals surface area contributed by atoms with E-state index in [0.717, 1.165) is 19.3 Å². The summed E-state index contributed by atoms with van der Waals surface area (Å²) in [5.74, 6) is -0.448. The molecule has 1 aliphatic carbocycles. The predicted molar refractivity (Wildman–Crippen MR) is 70.2 cm³/mol. The van der Waals surface area contributed by atoms with Gasteiger partial charge in [0, 0.05) is 4.47 Å². The minimum atomic E-state index is -1.03. The SMILES string of the molecule is Nc1cc(Br)cc(F)c1NC1(O)CCCCC1. The molecule has 5 heteroatoms. The van der Waals surface area contributed by atoms with E-state index >= 15 is 0 Å². The second-order valence-electron chi connectivity index (χ2n) is 4.57. The molecule has 1 fully saturated rings. The molecule has 0 radical (unpaired) electrons. The fourth-order valence-corrected chi connectivity index (χ4v) is 2.67. The molecule has 0 bridgehead atoms. The van der Waals surface area contributed by atoms with Crippen molar-refractivity contribution >= 4 is 27.3 Å². The summed E-state index contributed by atoms with van der Waals surface area (Å²) in [4.78, 5) is 0. The van der Waals surface area contributed by atoms with Crippen molar-refractivity contribution in [2.24, 2.45) is 0 Å². The molecule has 1 aromatic carbocycles. The molecule has 0 atom stereocenters. The predicted octanol–water partition coefficient (Wildman–Crippen LogP) is 3.24. The highest BCUT2D eigenvalue weighted by molar-refractivity contribution is 9.10. The Balaban J connectivity index is 2.23. The first-order chi connectivity index (χ1) is 8.00. The number of nitrogens with one attached hydrogen (secondary N) is 1. The van der Waals surface area contributed by atoms with Gasteiger partial charge in [-0.15, -0.1) is 0 Å². The van der Waals surface area contributed by atoms with E-state index < -0.39 is 11.5 Å². The molecule has 3 nitrogen and oxygen atoms in total. The van der Waals surface area contributed by atoms with Crippen LogP contribution < -0.4 is 11.1 Å². The van der Waals surface area contributed by atoms with Crippen LogP contribution in [0.5, 0.6) is 0 Å². The normalized spacial score (nSPS) is 19.0. The topological polar surface area (TPSA) is 58.3 Å². The minimum absolute atomic E-state index is 0.192. The van der Waals surface area contributed by atoms with Crippen LogP contribution >= 0.6 is 15.9 Å². The van der Waals surface area contributed by atoms with E-state index in [9.17, 15) is 9.50 Å². The summed E-state index contributed by atoms with van der Waals surface area (Å²) in [6.07, 6.45) is 4.26. The molecule has 2 rings (SSSR count). The molecule has 0 saturated heterocycles. The molecule has 0 heterocycles. The van der Waals surface area contributed by atoms with E-state index in [2.05, 4.69) is 21.2 Å². The van der Waals surface area contributed by atoms with Crippen molar-refractivity contribution in [2.45, 2.75) is 37.8 Å². The summed E-state index contributed by atoms with van der Waals surface area (Å²) in [6, 6.07) is 2.96. The third-order valence-electron chi connectivity index (χ3n) is 3.12. The molecule has 1 aromatic rings. The summed E-state index contributed by atoms with van der Waals surface area (Å²) >= 11 is 3.18. The molecule has 0 aliphatic heterocycles. The zero-order valence-electron chi connectivity index (χ0n) is 9.47. The summed E-state index contributed by atoms with van der Waals surface area (Å²) in [5.41, 5.74) is 5.22. The van der Waals surface area contributed by atoms with E-state index in [4.69, 9.17) is 5.73 Å². The lowest BCUT2D eigenvalue weighted by Crippen LogP contribution is -2.40. The van der Waals surface area contributed by atoms with E-state index in [1.807, 2.05) is 0 Å². The van der Waals surface area contributed by atoms with Crippen molar-refractivity contribution in [3.8, 4) is 0 Å². The maximum absolute atomic E-state index is 13.8. The Labute approximate surface area is 108 Å². The van der Waals surface area contributed by atoms with Crippen LogP contribution in [0.2, 0.25) is 0 Å². The summed E-state index contributed by atoms with van der Waals surface area (Å²) in [6.45, 7) is 0. The van der Waals surface area contributed by atoms with Crippen LogP contribution in [0.3, 0.4) is 0 Å². The number of nitrogens with two attached hydrogens (primary N) is 1. The van der Waals surface area contributed by atoms with E-state index in [1.54, 1.807) is 6.07 Å². The molecule has 0 amide bonds. The summed E-state index contributed by atoms with van der Waals surface area (Å²) in [7, 11) is 0. The maximum Gasteiger partial charge on any atom is 0.149 e. The number of hydrogen-bond acceptors (Lipinski definition) is 3. The Bertz CT molecular complexity index is 396. The molecule has 17 heavy (non-hydrogen) atoms. The van der Waals surface area contributed by atoms with Gasteiger partial charge in [0.05, 0.1) is 11.4 Å². The number of anilines is 2. The second-order valence-corrected chi connectivity index (χ2v) is 5.48. The first kappa shape index (κ1) is 12.6. The summed E-state index contributed by atoms with van der Waals surface area (Å²) in [5, 5.41) is 13.2. The largest absolute Gasteiger partial charge is 0.397 e. The minimum Gasteiger partial charge on any atom is -0.397 e. The van der Waals surface area contributed by atoms with E-state index in [0.29, 0.717) is 23.0 Å². The highest BCUT2D eigenvalue weighted by atomic mass is 79.9. The zero-order chi connectivity index (χ0) is 12.5. The van der Waals surface area contributed by atoms with E-state index in [-0.39, 0.29) is 5.69 Å². The Hall–Kier alpha value is -0.810. The Morgan fingerprint density at radius 2 is 1.94 bits per heavy atom. The zero-order valence-corrected chi connectivity index (χ0v) is 11.1. The van der Waals surface area contributed by atoms with Gasteiger partial charge in [0.1, 0.15) is 11.5 Å². The Morgan fingerprint density at radius 3 is 2.53 bits per heavy atom. The first-order valence-corrected chi connectivity index (χ1v) is 6.55. The number of nitrogen functional groups attached to an aromatic ring is 1. The van der Waals surface area contributed by atoms with Crippen molar-refractivity contribution in [3.05, 3.63) is 22.4 Å². The fraction of sp³-hybridized carbons (Fsp3) is 0.500. The average Bonchev–Trinajstić information content (AvgIpc) is 2.24. The van der Waals surface area contributed by atoms with Gasteiger partial charge in [0.15, 0.2) is 0 Å². The molecule has 94 valence electrons. The van der Waals surface area contributed by atoms with Gasteiger partial charge in [-0.2, -0.15) is 0 Å². The van der Waals surface area contributed by atoms with Crippen molar-refractivity contribution in [3.63, 3.8) is 0 Å². The third-order valence-corrected chi connectivity index (χ3v) is 3.58. The molecule has 0 aromatic heterocycles. The Morgan fingerprint density at radius 1 is 1.29 bits per heavy atom. The molecule has 0 unspecified atom stereocenters. The molecule has 1 aliphatic rings. The first-order valence-electron chi connectivity index (χ1n) is 5.75. The van der Waals surface area contributed by atoms with Crippen LogP contribution in [0.4, 0.5) is 15.8 Å². The highest BCUT2D eigenvalue weighted by Crippen LogP contribution is 2.34. The maximum atomic E-state index is 13.8. The van der Waals surface area contributed by atoms with Crippen LogP contribution in [-0.4, -0.2) is 10.8 Å². The van der Waals surface area contributed by atoms with Crippen LogP contribution in [0, 0.1) is 5.82 Å². The standard InChI is InChI=1S/C12H16BrFN2O/c13-8-6-9(14)11(10(15)7-8)16-12(17)4-2-1-3-5-12/h6-7,16-17H,1-5,15H2. The van der Waals surface area contributed by atoms with Crippen molar-refractivity contribution in [1.29, 1.82) is 0 Å². The lowest BCUT2D eigenvalue weighted by atomic mass is 9.91. The van der Waals surface area contributed by atoms with Crippen LogP contribution in [0.1, 0.15) is 32.1 Å². The smallest absolute Gasteiger partial charge is 0.149 e.